The summed E-state index contributed by atoms with van der Waals surface area (Å²) in [6.07, 6.45) is 16.1. The first kappa shape index (κ1) is 19.8. The second kappa shape index (κ2) is 10.4. The van der Waals surface area contributed by atoms with Crippen LogP contribution in [0.25, 0.3) is 0 Å². The van der Waals surface area contributed by atoms with E-state index >= 15 is 0 Å². The third-order valence-corrected chi connectivity index (χ3v) is 6.01. The van der Waals surface area contributed by atoms with Crippen LogP contribution in [0.4, 0.5) is 0 Å². The van der Waals surface area contributed by atoms with Crippen LogP contribution in [-0.2, 0) is 15.9 Å². The molecular weight excluding hydrogens is 324 g/mol. The maximum atomic E-state index is 6.03. The van der Waals surface area contributed by atoms with Crippen molar-refractivity contribution in [3.05, 3.63) is 23.8 Å². The number of rotatable bonds is 8. The Kier molecular flexibility index (Phi) is 7.87. The second-order valence-electron chi connectivity index (χ2n) is 8.21. The van der Waals surface area contributed by atoms with Crippen molar-refractivity contribution in [2.75, 3.05) is 13.2 Å². The number of hydrogen-bond acceptors (Lipinski definition) is 4. The fourth-order valence-electron chi connectivity index (χ4n) is 4.34. The van der Waals surface area contributed by atoms with Gasteiger partial charge in [0.05, 0.1) is 13.2 Å². The lowest BCUT2D eigenvalue weighted by atomic mass is 9.81. The molecule has 0 atom stereocenters. The Balaban J connectivity index is 1.42. The average molecular weight is 361 g/mol. The van der Waals surface area contributed by atoms with Crippen LogP contribution in [0.3, 0.4) is 0 Å². The van der Waals surface area contributed by atoms with Crippen molar-refractivity contribution in [3.8, 4) is 0 Å². The van der Waals surface area contributed by atoms with Gasteiger partial charge in [-0.1, -0.05) is 33.1 Å². The van der Waals surface area contributed by atoms with E-state index in [-0.39, 0.29) is 6.29 Å². The zero-order valence-electron chi connectivity index (χ0n) is 16.7. The Morgan fingerprint density at radius 2 is 1.62 bits per heavy atom. The molecule has 0 radical (unpaired) electrons. The summed E-state index contributed by atoms with van der Waals surface area (Å²) in [7, 11) is 0. The van der Waals surface area contributed by atoms with E-state index in [4.69, 9.17) is 9.47 Å². The lowest BCUT2D eigenvalue weighted by Gasteiger charge is -2.37. The first-order valence-corrected chi connectivity index (χ1v) is 10.8. The van der Waals surface area contributed by atoms with Crippen LogP contribution >= 0.6 is 0 Å². The van der Waals surface area contributed by atoms with Gasteiger partial charge in [-0.05, 0) is 50.5 Å². The number of aromatic nitrogens is 2. The molecule has 4 heteroatoms. The van der Waals surface area contributed by atoms with Gasteiger partial charge in [0.15, 0.2) is 6.29 Å². The topological polar surface area (TPSA) is 44.2 Å². The molecule has 1 aliphatic heterocycles. The van der Waals surface area contributed by atoms with Gasteiger partial charge in [0.1, 0.15) is 5.82 Å². The molecule has 1 aromatic heterocycles. The molecule has 0 N–H and O–H groups in total. The molecule has 3 rings (SSSR count). The minimum absolute atomic E-state index is 0.0194. The van der Waals surface area contributed by atoms with Crippen molar-refractivity contribution in [2.24, 2.45) is 11.8 Å². The van der Waals surface area contributed by atoms with E-state index in [0.29, 0.717) is 17.8 Å². The molecule has 0 spiro atoms. The highest BCUT2D eigenvalue weighted by Gasteiger charge is 2.33. The Morgan fingerprint density at radius 1 is 0.923 bits per heavy atom. The molecule has 1 saturated carbocycles. The number of nitrogens with zero attached hydrogens (tertiary/aromatic N) is 2. The van der Waals surface area contributed by atoms with Gasteiger partial charge < -0.3 is 9.47 Å². The van der Waals surface area contributed by atoms with Gasteiger partial charge in [0, 0.05) is 30.1 Å². The maximum absolute atomic E-state index is 6.03. The number of aryl methyl sites for hydroxylation is 1. The summed E-state index contributed by atoms with van der Waals surface area (Å²) >= 11 is 0. The van der Waals surface area contributed by atoms with Crippen LogP contribution in [0.1, 0.15) is 88.9 Å². The minimum Gasteiger partial charge on any atom is -0.352 e. The predicted octanol–water partition coefficient (Wildman–Crippen LogP) is 5.27. The van der Waals surface area contributed by atoms with Gasteiger partial charge in [0.25, 0.3) is 0 Å². The summed E-state index contributed by atoms with van der Waals surface area (Å²) in [5.74, 6) is 2.68. The first-order valence-electron chi connectivity index (χ1n) is 10.8. The van der Waals surface area contributed by atoms with Crippen molar-refractivity contribution in [2.45, 2.75) is 90.3 Å². The Hall–Kier alpha value is -1.00. The average Bonchev–Trinajstić information content (AvgIpc) is 2.70. The Labute approximate surface area is 159 Å². The predicted molar refractivity (Wildman–Crippen MR) is 104 cm³/mol. The van der Waals surface area contributed by atoms with Crippen molar-refractivity contribution in [1.82, 2.24) is 9.97 Å². The molecule has 1 saturated heterocycles. The number of ether oxygens (including phenoxy) is 2. The van der Waals surface area contributed by atoms with Gasteiger partial charge in [0.2, 0.25) is 0 Å². The molecule has 2 fully saturated rings. The van der Waals surface area contributed by atoms with E-state index in [1.165, 1.54) is 37.7 Å². The molecular formula is C22H36N2O2. The summed E-state index contributed by atoms with van der Waals surface area (Å²) in [5, 5.41) is 0. The number of hydrogen-bond donors (Lipinski definition) is 0. The summed E-state index contributed by atoms with van der Waals surface area (Å²) in [6.45, 7) is 6.22. The van der Waals surface area contributed by atoms with E-state index in [1.807, 2.05) is 12.4 Å². The normalized spacial score (nSPS) is 29.6. The summed E-state index contributed by atoms with van der Waals surface area (Å²) in [6, 6.07) is 0. The highest BCUT2D eigenvalue weighted by molar-refractivity contribution is 5.08. The quantitative estimate of drug-likeness (QED) is 0.592. The molecule has 146 valence electrons. The maximum Gasteiger partial charge on any atom is 0.160 e. The Morgan fingerprint density at radius 3 is 2.23 bits per heavy atom. The van der Waals surface area contributed by atoms with Crippen LogP contribution < -0.4 is 0 Å². The highest BCUT2D eigenvalue weighted by atomic mass is 16.7. The molecule has 1 aliphatic carbocycles. The van der Waals surface area contributed by atoms with Crippen LogP contribution in [-0.4, -0.2) is 29.5 Å². The summed E-state index contributed by atoms with van der Waals surface area (Å²) in [4.78, 5) is 9.35. The molecule has 0 aromatic carbocycles. The van der Waals surface area contributed by atoms with Gasteiger partial charge in [-0.3, -0.25) is 0 Å². The van der Waals surface area contributed by atoms with Crippen molar-refractivity contribution in [1.29, 1.82) is 0 Å². The van der Waals surface area contributed by atoms with E-state index < -0.39 is 0 Å². The van der Waals surface area contributed by atoms with Crippen LogP contribution in [0.15, 0.2) is 12.4 Å². The van der Waals surface area contributed by atoms with Crippen molar-refractivity contribution >= 4 is 0 Å². The van der Waals surface area contributed by atoms with Crippen molar-refractivity contribution in [3.63, 3.8) is 0 Å². The molecule has 2 aliphatic rings. The molecule has 0 unspecified atom stereocenters. The van der Waals surface area contributed by atoms with E-state index in [2.05, 4.69) is 23.8 Å². The largest absolute Gasteiger partial charge is 0.352 e. The third-order valence-electron chi connectivity index (χ3n) is 6.01. The SMILES string of the molecule is CCCCCc1cnc(C2CCC(C3OCC(CCC)CO3)CC2)nc1. The van der Waals surface area contributed by atoms with Crippen LogP contribution in [0.5, 0.6) is 0 Å². The minimum atomic E-state index is 0.0194. The smallest absolute Gasteiger partial charge is 0.160 e. The molecule has 4 nitrogen and oxygen atoms in total. The zero-order valence-corrected chi connectivity index (χ0v) is 16.7. The second-order valence-corrected chi connectivity index (χ2v) is 8.21. The molecule has 0 amide bonds. The monoisotopic (exact) mass is 360 g/mol. The van der Waals surface area contributed by atoms with Gasteiger partial charge in [-0.25, -0.2) is 9.97 Å². The van der Waals surface area contributed by atoms with Gasteiger partial charge in [-0.2, -0.15) is 0 Å². The molecule has 2 heterocycles. The molecule has 0 bridgehead atoms. The fraction of sp³-hybridized carbons (Fsp3) is 0.818. The zero-order chi connectivity index (χ0) is 18.2. The van der Waals surface area contributed by atoms with Crippen LogP contribution in [0, 0.1) is 11.8 Å². The third kappa shape index (κ3) is 5.50. The lowest BCUT2D eigenvalue weighted by Crippen LogP contribution is -2.38. The summed E-state index contributed by atoms with van der Waals surface area (Å²) in [5.41, 5.74) is 1.28. The standard InChI is InChI=1S/C22H36N2O2/c1-3-5-6-8-17-13-23-21(24-14-17)19-9-11-20(12-10-19)22-25-15-18(7-4-2)16-26-22/h13-14,18-20,22H,3-12,15-16H2,1-2H3. The summed E-state index contributed by atoms with van der Waals surface area (Å²) < 4.78 is 12.1. The fourth-order valence-corrected chi connectivity index (χ4v) is 4.34. The van der Waals surface area contributed by atoms with Crippen molar-refractivity contribution < 1.29 is 9.47 Å². The molecule has 26 heavy (non-hydrogen) atoms. The van der Waals surface area contributed by atoms with Gasteiger partial charge >= 0.3 is 0 Å². The highest BCUT2D eigenvalue weighted by Crippen LogP contribution is 2.37. The molecule has 1 aromatic rings. The number of unbranched alkanes of at least 4 members (excludes halogenated alkanes) is 2. The van der Waals surface area contributed by atoms with Gasteiger partial charge in [-0.15, -0.1) is 0 Å². The Bertz CT molecular complexity index is 503. The van der Waals surface area contributed by atoms with E-state index in [0.717, 1.165) is 51.1 Å². The van der Waals surface area contributed by atoms with E-state index in [1.54, 1.807) is 0 Å². The van der Waals surface area contributed by atoms with Crippen LogP contribution in [0.2, 0.25) is 0 Å². The lowest BCUT2D eigenvalue weighted by molar-refractivity contribution is -0.229. The van der Waals surface area contributed by atoms with E-state index in [9.17, 15) is 0 Å². The first-order chi connectivity index (χ1) is 12.8.